The molecule has 0 fully saturated rings. The molecule has 4 rings (SSSR count). The molecule has 0 aromatic carbocycles. The molecule has 0 unspecified atom stereocenters. The van der Waals surface area contributed by atoms with Crippen molar-refractivity contribution in [2.45, 2.75) is 11.8 Å². The average Bonchev–Trinajstić information content (AvgIpc) is 3.20. The molecular formula is C15H14N8O2S. The van der Waals surface area contributed by atoms with Crippen LogP contribution < -0.4 is 4.72 Å². The van der Waals surface area contributed by atoms with Crippen molar-refractivity contribution in [2.75, 3.05) is 4.72 Å². The van der Waals surface area contributed by atoms with Gasteiger partial charge in [-0.15, -0.1) is 0 Å². The van der Waals surface area contributed by atoms with Crippen LogP contribution in [0.4, 0.5) is 5.69 Å². The van der Waals surface area contributed by atoms with E-state index in [0.29, 0.717) is 28.4 Å². The molecule has 4 aromatic rings. The van der Waals surface area contributed by atoms with E-state index in [-0.39, 0.29) is 4.90 Å². The third-order valence-electron chi connectivity index (χ3n) is 3.74. The molecule has 0 spiro atoms. The van der Waals surface area contributed by atoms with Crippen LogP contribution in [0.2, 0.25) is 0 Å². The lowest BCUT2D eigenvalue weighted by Crippen LogP contribution is -2.13. The summed E-state index contributed by atoms with van der Waals surface area (Å²) in [6, 6.07) is 3.23. The second-order valence-electron chi connectivity index (χ2n) is 5.58. The number of nitrogens with zero attached hydrogens (tertiary/aromatic N) is 7. The Balaban J connectivity index is 1.66. The minimum atomic E-state index is -3.82. The van der Waals surface area contributed by atoms with Gasteiger partial charge in [-0.05, 0) is 19.1 Å². The van der Waals surface area contributed by atoms with Crippen molar-refractivity contribution in [3.05, 3.63) is 48.8 Å². The van der Waals surface area contributed by atoms with Gasteiger partial charge in [0.2, 0.25) is 5.95 Å². The Bertz CT molecular complexity index is 1200. The topological polar surface area (TPSA) is 120 Å². The highest BCUT2D eigenvalue weighted by Crippen LogP contribution is 2.21. The largest absolute Gasteiger partial charge is 0.276 e. The molecule has 4 aromatic heterocycles. The maximum Gasteiger partial charge on any atom is 0.263 e. The molecule has 11 heteroatoms. The first-order chi connectivity index (χ1) is 12.4. The minimum absolute atomic E-state index is 0.0461. The number of sulfonamides is 1. The third kappa shape index (κ3) is 2.77. The second kappa shape index (κ2) is 5.88. The van der Waals surface area contributed by atoms with Crippen molar-refractivity contribution < 1.29 is 8.42 Å². The summed E-state index contributed by atoms with van der Waals surface area (Å²) in [7, 11) is -2.07. The molecule has 0 atom stereocenters. The predicted molar refractivity (Wildman–Crippen MR) is 93.2 cm³/mol. The molecule has 1 N–H and O–H groups in total. The third-order valence-corrected chi connectivity index (χ3v) is 5.09. The zero-order chi connectivity index (χ0) is 18.3. The summed E-state index contributed by atoms with van der Waals surface area (Å²) in [5, 5.41) is 9.00. The molecule has 0 aliphatic carbocycles. The highest BCUT2D eigenvalue weighted by Gasteiger charge is 2.18. The normalized spacial score (nSPS) is 11.8. The van der Waals surface area contributed by atoms with Gasteiger partial charge in [0.25, 0.3) is 10.0 Å². The molecule has 4 heterocycles. The van der Waals surface area contributed by atoms with E-state index in [1.165, 1.54) is 23.3 Å². The van der Waals surface area contributed by atoms with Crippen LogP contribution in [0.25, 0.3) is 17.0 Å². The summed E-state index contributed by atoms with van der Waals surface area (Å²) >= 11 is 0. The van der Waals surface area contributed by atoms with Gasteiger partial charge >= 0.3 is 0 Å². The smallest absolute Gasteiger partial charge is 0.263 e. The molecule has 0 saturated heterocycles. The quantitative estimate of drug-likeness (QED) is 0.570. The van der Waals surface area contributed by atoms with E-state index >= 15 is 0 Å². The molecule has 0 aliphatic rings. The van der Waals surface area contributed by atoms with Crippen LogP contribution in [0.15, 0.2) is 48.0 Å². The van der Waals surface area contributed by atoms with Gasteiger partial charge in [-0.3, -0.25) is 9.40 Å². The van der Waals surface area contributed by atoms with E-state index in [1.807, 2.05) is 0 Å². The highest BCUT2D eigenvalue weighted by atomic mass is 32.2. The molecule has 132 valence electrons. The van der Waals surface area contributed by atoms with Crippen molar-refractivity contribution in [2.24, 2.45) is 7.05 Å². The van der Waals surface area contributed by atoms with E-state index in [1.54, 1.807) is 43.2 Å². The average molecular weight is 370 g/mol. The molecule has 0 amide bonds. The lowest BCUT2D eigenvalue weighted by Gasteiger charge is -2.05. The number of pyridine rings is 1. The van der Waals surface area contributed by atoms with Crippen LogP contribution in [-0.4, -0.2) is 42.9 Å². The van der Waals surface area contributed by atoms with Crippen molar-refractivity contribution in [3.8, 4) is 5.95 Å². The first kappa shape index (κ1) is 16.1. The number of anilines is 1. The van der Waals surface area contributed by atoms with Crippen LogP contribution in [0.3, 0.4) is 0 Å². The van der Waals surface area contributed by atoms with Crippen molar-refractivity contribution in [3.63, 3.8) is 0 Å². The number of rotatable bonds is 4. The van der Waals surface area contributed by atoms with Gasteiger partial charge in [0.05, 0.1) is 23.8 Å². The Morgan fingerprint density at radius 3 is 2.65 bits per heavy atom. The first-order valence-electron chi connectivity index (χ1n) is 7.58. The standard InChI is InChI=1S/C15H14N8O2S/c1-10-13-6-12(8-18-14(13)22(2)20-10)26(24,25)21-11-7-19-23(9-11)15-16-4-3-5-17-15/h3-9,21H,1-2H3. The first-order valence-corrected chi connectivity index (χ1v) is 9.06. The number of fused-ring (bicyclic) bond motifs is 1. The Morgan fingerprint density at radius 1 is 1.12 bits per heavy atom. The number of aryl methyl sites for hydroxylation is 2. The molecule has 26 heavy (non-hydrogen) atoms. The monoisotopic (exact) mass is 370 g/mol. The van der Waals surface area contributed by atoms with Crippen molar-refractivity contribution in [1.82, 2.24) is 34.5 Å². The summed E-state index contributed by atoms with van der Waals surface area (Å²) in [4.78, 5) is 12.4. The van der Waals surface area contributed by atoms with Gasteiger partial charge < -0.3 is 0 Å². The van der Waals surface area contributed by atoms with Gasteiger partial charge in [-0.1, -0.05) is 0 Å². The summed E-state index contributed by atoms with van der Waals surface area (Å²) < 4.78 is 30.8. The summed E-state index contributed by atoms with van der Waals surface area (Å²) in [6.45, 7) is 1.80. The van der Waals surface area contributed by atoms with E-state index in [0.717, 1.165) is 0 Å². The summed E-state index contributed by atoms with van der Waals surface area (Å²) in [6.07, 6.45) is 7.33. The van der Waals surface area contributed by atoms with Crippen LogP contribution in [-0.2, 0) is 17.1 Å². The lowest BCUT2D eigenvalue weighted by atomic mass is 10.3. The number of hydrogen-bond acceptors (Lipinski definition) is 7. The van der Waals surface area contributed by atoms with E-state index < -0.39 is 10.0 Å². The SMILES string of the molecule is Cc1nn(C)c2ncc(S(=O)(=O)Nc3cnn(-c4ncccn4)c3)cc12. The maximum atomic E-state index is 12.7. The number of nitrogens with one attached hydrogen (secondary N) is 1. The molecule has 10 nitrogen and oxygen atoms in total. The molecule has 0 bridgehead atoms. The van der Waals surface area contributed by atoms with E-state index in [9.17, 15) is 8.42 Å². The molecular weight excluding hydrogens is 356 g/mol. The van der Waals surface area contributed by atoms with Crippen LogP contribution in [0.5, 0.6) is 0 Å². The van der Waals surface area contributed by atoms with E-state index in [4.69, 9.17) is 0 Å². The number of aromatic nitrogens is 7. The number of hydrogen-bond donors (Lipinski definition) is 1. The Kier molecular flexibility index (Phi) is 3.65. The Morgan fingerprint density at radius 2 is 1.88 bits per heavy atom. The van der Waals surface area contributed by atoms with Gasteiger partial charge in [0.1, 0.15) is 4.90 Å². The Labute approximate surface area is 148 Å². The van der Waals surface area contributed by atoms with Crippen molar-refractivity contribution in [1.29, 1.82) is 0 Å². The van der Waals surface area contributed by atoms with E-state index in [2.05, 4.69) is 29.9 Å². The van der Waals surface area contributed by atoms with Gasteiger partial charge in [0, 0.05) is 31.0 Å². The maximum absolute atomic E-state index is 12.7. The van der Waals surface area contributed by atoms with Gasteiger partial charge in [0.15, 0.2) is 5.65 Å². The Hall–Kier alpha value is -3.34. The molecule has 0 saturated carbocycles. The molecule has 0 radical (unpaired) electrons. The van der Waals surface area contributed by atoms with Crippen LogP contribution >= 0.6 is 0 Å². The summed E-state index contributed by atoms with van der Waals surface area (Å²) in [5.41, 5.74) is 1.62. The fourth-order valence-electron chi connectivity index (χ4n) is 2.54. The zero-order valence-corrected chi connectivity index (χ0v) is 14.7. The van der Waals surface area contributed by atoms with Gasteiger partial charge in [-0.25, -0.2) is 28.1 Å². The van der Waals surface area contributed by atoms with Crippen molar-refractivity contribution >= 4 is 26.7 Å². The second-order valence-corrected chi connectivity index (χ2v) is 7.26. The van der Waals surface area contributed by atoms with Crippen LogP contribution in [0.1, 0.15) is 5.69 Å². The fourth-order valence-corrected chi connectivity index (χ4v) is 3.54. The molecule has 0 aliphatic heterocycles. The fraction of sp³-hybridized carbons (Fsp3) is 0.133. The zero-order valence-electron chi connectivity index (χ0n) is 13.9. The minimum Gasteiger partial charge on any atom is -0.276 e. The predicted octanol–water partition coefficient (Wildman–Crippen LogP) is 1.05. The van der Waals surface area contributed by atoms with Gasteiger partial charge in [-0.2, -0.15) is 10.2 Å². The van der Waals surface area contributed by atoms with Crippen LogP contribution in [0, 0.1) is 6.92 Å². The summed E-state index contributed by atoms with van der Waals surface area (Å²) in [5.74, 6) is 0.340. The lowest BCUT2D eigenvalue weighted by molar-refractivity contribution is 0.601. The highest BCUT2D eigenvalue weighted by molar-refractivity contribution is 7.92.